The number of hydrogen-bond acceptors (Lipinski definition) is 7. The third-order valence-corrected chi connectivity index (χ3v) is 7.67. The highest BCUT2D eigenvalue weighted by Crippen LogP contribution is 2.44. The van der Waals surface area contributed by atoms with Crippen LogP contribution < -0.4 is 16.0 Å². The Morgan fingerprint density at radius 1 is 1.06 bits per heavy atom. The van der Waals surface area contributed by atoms with Gasteiger partial charge in [-0.05, 0) is 56.3 Å². The van der Waals surface area contributed by atoms with Gasteiger partial charge in [-0.25, -0.2) is 0 Å². The van der Waals surface area contributed by atoms with Gasteiger partial charge in [-0.1, -0.05) is 0 Å². The van der Waals surface area contributed by atoms with Crippen LogP contribution in [0.3, 0.4) is 0 Å². The number of fused-ring (bicyclic) bond motifs is 1. The van der Waals surface area contributed by atoms with Crippen molar-refractivity contribution in [3.05, 3.63) is 29.3 Å². The molecule has 3 saturated heterocycles. The standard InChI is InChI=1S/C23H28N4O5/c24-12-23(14-5-9-32-10-6-14)7-8-26(13-23)15-1-2-16-17(11-15)22(31)27(21(16)30)18-3-4-19(28)25-20(18)29/h1-2,11,14,18H,3-10,12-13,24H2,(H,25,28,29). The molecule has 4 amide bonds. The van der Waals surface area contributed by atoms with Gasteiger partial charge in [0.2, 0.25) is 11.8 Å². The van der Waals surface area contributed by atoms with Crippen molar-refractivity contribution in [1.82, 2.24) is 10.2 Å². The molecule has 0 radical (unpaired) electrons. The minimum absolute atomic E-state index is 0.0291. The van der Waals surface area contributed by atoms with Crippen LogP contribution in [0.2, 0.25) is 0 Å². The van der Waals surface area contributed by atoms with Crippen molar-refractivity contribution < 1.29 is 23.9 Å². The van der Waals surface area contributed by atoms with E-state index < -0.39 is 23.8 Å². The number of imide groups is 2. The van der Waals surface area contributed by atoms with E-state index in [0.29, 0.717) is 23.6 Å². The second-order valence-corrected chi connectivity index (χ2v) is 9.30. The van der Waals surface area contributed by atoms with Gasteiger partial charge in [0.25, 0.3) is 11.8 Å². The van der Waals surface area contributed by atoms with Crippen LogP contribution in [0.15, 0.2) is 18.2 Å². The van der Waals surface area contributed by atoms with Crippen molar-refractivity contribution in [2.75, 3.05) is 37.7 Å². The summed E-state index contributed by atoms with van der Waals surface area (Å²) < 4.78 is 5.53. The average Bonchev–Trinajstić information content (AvgIpc) is 3.36. The Hall–Kier alpha value is -2.78. The van der Waals surface area contributed by atoms with E-state index in [1.165, 1.54) is 0 Å². The van der Waals surface area contributed by atoms with Crippen molar-refractivity contribution in [1.29, 1.82) is 0 Å². The molecular formula is C23H28N4O5. The molecule has 4 aliphatic rings. The summed E-state index contributed by atoms with van der Waals surface area (Å²) in [5, 5.41) is 2.22. The smallest absolute Gasteiger partial charge is 0.262 e. The lowest BCUT2D eigenvalue weighted by atomic mass is 9.71. The minimum Gasteiger partial charge on any atom is -0.381 e. The van der Waals surface area contributed by atoms with Gasteiger partial charge in [-0.3, -0.25) is 29.4 Å². The first kappa shape index (κ1) is 21.1. The van der Waals surface area contributed by atoms with Crippen LogP contribution in [0.25, 0.3) is 0 Å². The van der Waals surface area contributed by atoms with E-state index in [-0.39, 0.29) is 24.2 Å². The van der Waals surface area contributed by atoms with E-state index in [2.05, 4.69) is 10.2 Å². The number of carbonyl (C=O) groups is 4. The number of ether oxygens (including phenoxy) is 1. The second-order valence-electron chi connectivity index (χ2n) is 9.30. The van der Waals surface area contributed by atoms with Crippen LogP contribution in [0.1, 0.15) is 52.8 Å². The molecule has 3 N–H and O–H groups in total. The second kappa shape index (κ2) is 7.97. The molecule has 4 heterocycles. The predicted octanol–water partition coefficient (Wildman–Crippen LogP) is 0.670. The molecular weight excluding hydrogens is 412 g/mol. The molecule has 3 fully saturated rings. The van der Waals surface area contributed by atoms with Crippen LogP contribution in [-0.2, 0) is 14.3 Å². The number of nitrogens with two attached hydrogens (primary N) is 1. The summed E-state index contributed by atoms with van der Waals surface area (Å²) in [6.45, 7) is 3.81. The fourth-order valence-electron chi connectivity index (χ4n) is 5.75. The summed E-state index contributed by atoms with van der Waals surface area (Å²) in [7, 11) is 0. The van der Waals surface area contributed by atoms with Crippen molar-refractivity contribution in [3.8, 4) is 0 Å². The first-order valence-electron chi connectivity index (χ1n) is 11.3. The Morgan fingerprint density at radius 3 is 2.53 bits per heavy atom. The molecule has 2 unspecified atom stereocenters. The SMILES string of the molecule is NCC1(C2CCOCC2)CCN(c2ccc3c(c2)C(=O)N(C2CCC(=O)NC2=O)C3=O)C1. The van der Waals surface area contributed by atoms with Gasteiger partial charge in [0.1, 0.15) is 6.04 Å². The normalized spacial score (nSPS) is 29.0. The van der Waals surface area contributed by atoms with E-state index in [1.54, 1.807) is 12.1 Å². The predicted molar refractivity (Wildman–Crippen MR) is 115 cm³/mol. The number of piperidine rings is 1. The number of nitrogens with one attached hydrogen (secondary N) is 1. The quantitative estimate of drug-likeness (QED) is 0.660. The molecule has 2 atom stereocenters. The van der Waals surface area contributed by atoms with Crippen LogP contribution in [0.4, 0.5) is 5.69 Å². The lowest BCUT2D eigenvalue weighted by Gasteiger charge is -2.39. The number of anilines is 1. The topological polar surface area (TPSA) is 122 Å². The fourth-order valence-corrected chi connectivity index (χ4v) is 5.75. The van der Waals surface area contributed by atoms with E-state index >= 15 is 0 Å². The van der Waals surface area contributed by atoms with E-state index in [9.17, 15) is 19.2 Å². The molecule has 0 spiro atoms. The van der Waals surface area contributed by atoms with E-state index in [0.717, 1.165) is 56.2 Å². The summed E-state index contributed by atoms with van der Waals surface area (Å²) in [4.78, 5) is 53.0. The molecule has 170 valence electrons. The number of hydrogen-bond donors (Lipinski definition) is 2. The molecule has 0 aliphatic carbocycles. The third kappa shape index (κ3) is 3.31. The highest BCUT2D eigenvalue weighted by atomic mass is 16.5. The highest BCUT2D eigenvalue weighted by Gasteiger charge is 2.46. The van der Waals surface area contributed by atoms with Gasteiger partial charge in [-0.2, -0.15) is 0 Å². The number of benzene rings is 1. The zero-order valence-electron chi connectivity index (χ0n) is 18.0. The number of carbonyl (C=O) groups excluding carboxylic acids is 4. The molecule has 0 bridgehead atoms. The monoisotopic (exact) mass is 440 g/mol. The first-order valence-corrected chi connectivity index (χ1v) is 11.3. The molecule has 1 aromatic carbocycles. The Kier molecular flexibility index (Phi) is 5.25. The molecule has 9 nitrogen and oxygen atoms in total. The van der Waals surface area contributed by atoms with Crippen molar-refractivity contribution in [2.24, 2.45) is 17.1 Å². The molecule has 0 saturated carbocycles. The maximum atomic E-state index is 13.1. The number of amides is 4. The Morgan fingerprint density at radius 2 is 1.81 bits per heavy atom. The van der Waals surface area contributed by atoms with Crippen molar-refractivity contribution in [2.45, 2.75) is 38.1 Å². The van der Waals surface area contributed by atoms with Gasteiger partial charge in [0.15, 0.2) is 0 Å². The number of nitrogens with zero attached hydrogens (tertiary/aromatic N) is 2. The highest BCUT2D eigenvalue weighted by molar-refractivity contribution is 6.23. The first-order chi connectivity index (χ1) is 15.4. The van der Waals surface area contributed by atoms with Gasteiger partial charge >= 0.3 is 0 Å². The number of rotatable bonds is 4. The summed E-state index contributed by atoms with van der Waals surface area (Å²) in [6.07, 6.45) is 3.28. The Balaban J connectivity index is 1.37. The largest absolute Gasteiger partial charge is 0.381 e. The van der Waals surface area contributed by atoms with E-state index in [4.69, 9.17) is 10.5 Å². The zero-order valence-corrected chi connectivity index (χ0v) is 18.0. The molecule has 4 aliphatic heterocycles. The Bertz CT molecular complexity index is 989. The molecule has 32 heavy (non-hydrogen) atoms. The maximum Gasteiger partial charge on any atom is 0.262 e. The fraction of sp³-hybridized carbons (Fsp3) is 0.565. The average molecular weight is 441 g/mol. The summed E-state index contributed by atoms with van der Waals surface area (Å²) in [6, 6.07) is 4.36. The minimum atomic E-state index is -0.950. The van der Waals surface area contributed by atoms with Crippen LogP contribution in [0.5, 0.6) is 0 Å². The lowest BCUT2D eigenvalue weighted by molar-refractivity contribution is -0.136. The van der Waals surface area contributed by atoms with E-state index in [1.807, 2.05) is 6.07 Å². The summed E-state index contributed by atoms with van der Waals surface area (Å²) in [5.41, 5.74) is 7.79. The maximum absolute atomic E-state index is 13.1. The van der Waals surface area contributed by atoms with Gasteiger partial charge < -0.3 is 15.4 Å². The van der Waals surface area contributed by atoms with Crippen molar-refractivity contribution >= 4 is 29.3 Å². The van der Waals surface area contributed by atoms with Gasteiger partial charge in [0, 0.05) is 43.8 Å². The van der Waals surface area contributed by atoms with Crippen LogP contribution in [0, 0.1) is 11.3 Å². The van der Waals surface area contributed by atoms with Gasteiger partial charge in [0.05, 0.1) is 11.1 Å². The lowest BCUT2D eigenvalue weighted by Crippen LogP contribution is -2.54. The summed E-state index contributed by atoms with van der Waals surface area (Å²) >= 11 is 0. The molecule has 5 rings (SSSR count). The van der Waals surface area contributed by atoms with Crippen molar-refractivity contribution in [3.63, 3.8) is 0 Å². The van der Waals surface area contributed by atoms with Crippen LogP contribution >= 0.6 is 0 Å². The molecule has 1 aromatic rings. The summed E-state index contributed by atoms with van der Waals surface area (Å²) in [5.74, 6) is -1.42. The zero-order chi connectivity index (χ0) is 22.5. The molecule has 9 heteroatoms. The third-order valence-electron chi connectivity index (χ3n) is 7.67. The van der Waals surface area contributed by atoms with Gasteiger partial charge in [-0.15, -0.1) is 0 Å². The van der Waals surface area contributed by atoms with Crippen LogP contribution in [-0.4, -0.2) is 67.4 Å². The Labute approximate surface area is 186 Å². The molecule has 0 aromatic heterocycles.